The minimum atomic E-state index is -4.48. The van der Waals surface area contributed by atoms with Crippen LogP contribution in [0.2, 0.25) is 0 Å². The van der Waals surface area contributed by atoms with E-state index in [2.05, 4.69) is 15.1 Å². The van der Waals surface area contributed by atoms with Crippen molar-refractivity contribution in [2.45, 2.75) is 43.8 Å². The summed E-state index contributed by atoms with van der Waals surface area (Å²) in [5.41, 5.74) is -0.231. The van der Waals surface area contributed by atoms with Crippen LogP contribution in [0.1, 0.15) is 24.8 Å². The Labute approximate surface area is 183 Å². The molecule has 0 aliphatic carbocycles. The molecule has 32 heavy (non-hydrogen) atoms. The molecule has 2 aromatic rings. The first-order valence-electron chi connectivity index (χ1n) is 10.5. The van der Waals surface area contributed by atoms with Crippen molar-refractivity contribution in [2.75, 3.05) is 31.5 Å². The summed E-state index contributed by atoms with van der Waals surface area (Å²) >= 11 is 0. The van der Waals surface area contributed by atoms with Crippen LogP contribution in [0.25, 0.3) is 15.7 Å². The maximum Gasteiger partial charge on any atom is 0.418 e. The van der Waals surface area contributed by atoms with Crippen molar-refractivity contribution in [1.82, 2.24) is 14.8 Å². The van der Waals surface area contributed by atoms with Gasteiger partial charge < -0.3 is 5.32 Å². The van der Waals surface area contributed by atoms with Crippen LogP contribution < -0.4 is 5.32 Å². The number of pyridine rings is 1. The second-order valence-corrected chi connectivity index (χ2v) is 8.26. The second kappa shape index (κ2) is 8.90. The molecule has 1 amide bonds. The summed E-state index contributed by atoms with van der Waals surface area (Å²) in [7, 11) is 0. The lowest BCUT2D eigenvalue weighted by molar-refractivity contribution is -0.136. The molecule has 0 bridgehead atoms. The smallest absolute Gasteiger partial charge is 0.382 e. The fourth-order valence-electron chi connectivity index (χ4n) is 4.44. The number of para-hydroxylation sites is 1. The van der Waals surface area contributed by atoms with Crippen molar-refractivity contribution >= 4 is 22.5 Å². The number of nitrogens with zero attached hydrogens (tertiary/aromatic N) is 4. The highest BCUT2D eigenvalue weighted by Crippen LogP contribution is 2.36. The standard InChI is InChI=1S/C22H24F4N5O/c1-27-19-11-14(23)12-31(19)20(32)13-30-9-6-15(7-10-30)29-18-5-8-28-21-16(18)3-2-4-17(21)22(24,25)26/h1-5,8,14-15,19H,6-7,9-13H2,(H,28,29)/q+1/t14-,19-/m0/s1. The highest BCUT2D eigenvalue weighted by molar-refractivity contribution is 5.93. The van der Waals surface area contributed by atoms with Gasteiger partial charge >= 0.3 is 12.3 Å². The van der Waals surface area contributed by atoms with E-state index in [-0.39, 0.29) is 37.0 Å². The lowest BCUT2D eigenvalue weighted by Gasteiger charge is -2.33. The van der Waals surface area contributed by atoms with Crippen molar-refractivity contribution in [3.05, 3.63) is 40.9 Å². The molecule has 1 aromatic heterocycles. The zero-order valence-electron chi connectivity index (χ0n) is 17.4. The van der Waals surface area contributed by atoms with E-state index in [9.17, 15) is 22.4 Å². The van der Waals surface area contributed by atoms with Gasteiger partial charge in [0.2, 0.25) is 5.91 Å². The Morgan fingerprint density at radius 3 is 2.69 bits per heavy atom. The monoisotopic (exact) mass is 450 g/mol. The average molecular weight is 450 g/mol. The van der Waals surface area contributed by atoms with Crippen molar-refractivity contribution < 1.29 is 22.4 Å². The van der Waals surface area contributed by atoms with Crippen LogP contribution in [0.4, 0.5) is 23.2 Å². The number of carbonyl (C=O) groups excluding carboxylic acids is 1. The summed E-state index contributed by atoms with van der Waals surface area (Å²) in [6.45, 7) is 6.75. The highest BCUT2D eigenvalue weighted by Gasteiger charge is 2.42. The number of carbonyl (C=O) groups is 1. The molecule has 0 spiro atoms. The fraction of sp³-hybridized carbons (Fsp3) is 0.500. The van der Waals surface area contributed by atoms with Crippen LogP contribution in [0, 0.1) is 6.57 Å². The Hall–Kier alpha value is -2.93. The van der Waals surface area contributed by atoms with Crippen molar-refractivity contribution in [1.29, 1.82) is 0 Å². The number of fused-ring (bicyclic) bond motifs is 1. The molecule has 2 atom stereocenters. The molecule has 0 unspecified atom stereocenters. The Morgan fingerprint density at radius 1 is 1.25 bits per heavy atom. The van der Waals surface area contributed by atoms with Gasteiger partial charge in [0, 0.05) is 36.4 Å². The molecule has 6 nitrogen and oxygen atoms in total. The molecule has 10 heteroatoms. The van der Waals surface area contributed by atoms with E-state index in [4.69, 9.17) is 6.57 Å². The predicted octanol–water partition coefficient (Wildman–Crippen LogP) is 3.99. The fourth-order valence-corrected chi connectivity index (χ4v) is 4.44. The topological polar surface area (TPSA) is 52.8 Å². The van der Waals surface area contributed by atoms with E-state index in [0.717, 1.165) is 6.07 Å². The summed E-state index contributed by atoms with van der Waals surface area (Å²) in [5, 5.41) is 3.77. The van der Waals surface area contributed by atoms with Gasteiger partial charge in [0.15, 0.2) is 0 Å². The largest absolute Gasteiger partial charge is 0.418 e. The number of aromatic nitrogens is 1. The lowest BCUT2D eigenvalue weighted by Crippen LogP contribution is -2.46. The molecule has 1 N–H and O–H groups in total. The van der Waals surface area contributed by atoms with Crippen LogP contribution in [0.5, 0.6) is 0 Å². The van der Waals surface area contributed by atoms with Gasteiger partial charge in [-0.15, -0.1) is 0 Å². The maximum atomic E-state index is 13.6. The number of benzene rings is 1. The van der Waals surface area contributed by atoms with Crippen LogP contribution in [-0.4, -0.2) is 65.2 Å². The van der Waals surface area contributed by atoms with Gasteiger partial charge in [0.05, 0.1) is 30.6 Å². The summed E-state index contributed by atoms with van der Waals surface area (Å²) in [6, 6.07) is 5.77. The van der Waals surface area contributed by atoms with Gasteiger partial charge in [0.1, 0.15) is 6.17 Å². The normalized spacial score (nSPS) is 22.8. The average Bonchev–Trinajstić information content (AvgIpc) is 3.15. The van der Waals surface area contributed by atoms with Gasteiger partial charge in [0.25, 0.3) is 6.57 Å². The molecule has 3 heterocycles. The van der Waals surface area contributed by atoms with Crippen LogP contribution >= 0.6 is 0 Å². The third-order valence-corrected chi connectivity index (χ3v) is 6.10. The third kappa shape index (κ3) is 4.63. The number of anilines is 1. The van der Waals surface area contributed by atoms with E-state index in [1.54, 1.807) is 12.1 Å². The first-order valence-corrected chi connectivity index (χ1v) is 10.5. The van der Waals surface area contributed by atoms with Gasteiger partial charge in [-0.2, -0.15) is 13.2 Å². The predicted molar refractivity (Wildman–Crippen MR) is 113 cm³/mol. The molecule has 2 aliphatic heterocycles. The highest BCUT2D eigenvalue weighted by atomic mass is 19.4. The second-order valence-electron chi connectivity index (χ2n) is 8.26. The van der Waals surface area contributed by atoms with Gasteiger partial charge in [-0.25, -0.2) is 4.39 Å². The van der Waals surface area contributed by atoms with Crippen molar-refractivity contribution in [3.63, 3.8) is 0 Å². The number of nitrogens with one attached hydrogen (secondary N) is 1. The first-order chi connectivity index (χ1) is 15.3. The van der Waals surface area contributed by atoms with Crippen LogP contribution in [0.3, 0.4) is 0 Å². The van der Waals surface area contributed by atoms with Crippen LogP contribution in [-0.2, 0) is 11.0 Å². The number of alkyl halides is 4. The summed E-state index contributed by atoms with van der Waals surface area (Å²) in [6.07, 6.45) is -3.27. The van der Waals surface area contributed by atoms with Crippen molar-refractivity contribution in [2.24, 2.45) is 0 Å². The molecule has 4 rings (SSSR count). The first kappa shape index (κ1) is 22.3. The number of likely N-dealkylation sites (tertiary alicyclic amines) is 2. The SMILES string of the molecule is C#[N+][C@@H]1C[C@H](F)CN1C(=O)CN1CCC(Nc2ccnc3c(C(F)(F)F)cccc23)CC1. The van der Waals surface area contributed by atoms with Crippen molar-refractivity contribution in [3.8, 4) is 6.57 Å². The van der Waals surface area contributed by atoms with Crippen LogP contribution in [0.15, 0.2) is 30.5 Å². The Bertz CT molecular complexity index is 1030. The molecule has 2 aliphatic rings. The quantitative estimate of drug-likeness (QED) is 0.716. The molecule has 2 fully saturated rings. The minimum Gasteiger partial charge on any atom is -0.382 e. The minimum absolute atomic E-state index is 0.0112. The molecule has 170 valence electrons. The molecular formula is C22H24F4N5O+. The molecule has 0 radical (unpaired) electrons. The number of hydrogen-bond acceptors (Lipinski definition) is 4. The van der Waals surface area contributed by atoms with E-state index in [1.165, 1.54) is 17.2 Å². The zero-order valence-corrected chi connectivity index (χ0v) is 17.4. The molecule has 0 saturated carbocycles. The van der Waals surface area contributed by atoms with Gasteiger partial charge in [-0.1, -0.05) is 17.0 Å². The van der Waals surface area contributed by atoms with Gasteiger partial charge in [-0.3, -0.25) is 19.6 Å². The summed E-state index contributed by atoms with van der Waals surface area (Å²) in [4.78, 5) is 23.5. The number of halogens is 4. The summed E-state index contributed by atoms with van der Waals surface area (Å²) in [5.74, 6) is -0.199. The number of rotatable bonds is 4. The Kier molecular flexibility index (Phi) is 6.20. The van der Waals surface area contributed by atoms with Gasteiger partial charge in [-0.05, 0) is 25.0 Å². The zero-order chi connectivity index (χ0) is 22.9. The van der Waals surface area contributed by atoms with E-state index in [0.29, 0.717) is 37.0 Å². The maximum absolute atomic E-state index is 13.6. The Balaban J connectivity index is 1.37. The molecule has 1 aromatic carbocycles. The Morgan fingerprint density at radius 2 is 2.00 bits per heavy atom. The van der Waals surface area contributed by atoms with E-state index < -0.39 is 24.1 Å². The number of piperidine rings is 1. The van der Waals surface area contributed by atoms with E-state index in [1.807, 2.05) is 4.90 Å². The lowest BCUT2D eigenvalue weighted by atomic mass is 10.0. The summed E-state index contributed by atoms with van der Waals surface area (Å²) < 4.78 is 53.5. The number of hydrogen-bond donors (Lipinski definition) is 1. The molecule has 2 saturated heterocycles. The number of amides is 1. The third-order valence-electron chi connectivity index (χ3n) is 6.10. The van der Waals surface area contributed by atoms with E-state index >= 15 is 0 Å². The molecular weight excluding hydrogens is 426 g/mol.